The Bertz CT molecular complexity index is 847. The summed E-state index contributed by atoms with van der Waals surface area (Å²) >= 11 is 0. The Hall–Kier alpha value is -2.05. The van der Waals surface area contributed by atoms with Crippen molar-refractivity contribution in [2.24, 2.45) is 5.92 Å². The number of anilines is 2. The summed E-state index contributed by atoms with van der Waals surface area (Å²) in [6.45, 7) is 2.77. The summed E-state index contributed by atoms with van der Waals surface area (Å²) in [4.78, 5) is 0.246. The number of hydrogen-bond donors (Lipinski definition) is 3. The van der Waals surface area contributed by atoms with E-state index in [0.29, 0.717) is 24.0 Å². The van der Waals surface area contributed by atoms with Crippen LogP contribution in [0.1, 0.15) is 44.6 Å². The van der Waals surface area contributed by atoms with E-state index in [4.69, 9.17) is 5.73 Å². The zero-order chi connectivity index (χ0) is 19.3. The fourth-order valence-electron chi connectivity index (χ4n) is 3.78. The molecule has 2 aromatic carbocycles. The van der Waals surface area contributed by atoms with E-state index < -0.39 is 10.0 Å². The van der Waals surface area contributed by atoms with Crippen molar-refractivity contribution in [3.05, 3.63) is 54.1 Å². The predicted octanol–water partition coefficient (Wildman–Crippen LogP) is 4.13. The monoisotopic (exact) mass is 387 g/mol. The van der Waals surface area contributed by atoms with E-state index in [0.717, 1.165) is 17.9 Å². The summed E-state index contributed by atoms with van der Waals surface area (Å²) in [6, 6.07) is 14.1. The molecule has 6 heteroatoms. The van der Waals surface area contributed by atoms with E-state index in [1.807, 2.05) is 6.07 Å². The van der Waals surface area contributed by atoms with Gasteiger partial charge in [-0.25, -0.2) is 8.42 Å². The molecular formula is C21H29N3O2S. The van der Waals surface area contributed by atoms with Gasteiger partial charge in [0, 0.05) is 18.3 Å². The average molecular weight is 388 g/mol. The van der Waals surface area contributed by atoms with Gasteiger partial charge in [0.15, 0.2) is 0 Å². The van der Waals surface area contributed by atoms with E-state index in [1.165, 1.54) is 25.7 Å². The molecule has 1 saturated carbocycles. The van der Waals surface area contributed by atoms with Crippen LogP contribution < -0.4 is 15.8 Å². The lowest BCUT2D eigenvalue weighted by molar-refractivity contribution is 0.405. The third-order valence-electron chi connectivity index (χ3n) is 5.23. The molecule has 0 spiro atoms. The first-order chi connectivity index (χ1) is 12.9. The molecule has 0 amide bonds. The van der Waals surface area contributed by atoms with E-state index in [2.05, 4.69) is 17.0 Å². The van der Waals surface area contributed by atoms with Crippen molar-refractivity contribution < 1.29 is 8.42 Å². The van der Waals surface area contributed by atoms with Gasteiger partial charge in [-0.05, 0) is 55.2 Å². The van der Waals surface area contributed by atoms with Gasteiger partial charge < -0.3 is 11.1 Å². The highest BCUT2D eigenvalue weighted by Crippen LogP contribution is 2.29. The molecule has 0 radical (unpaired) electrons. The van der Waals surface area contributed by atoms with Crippen LogP contribution in [0.3, 0.4) is 0 Å². The third kappa shape index (κ3) is 5.47. The second-order valence-corrected chi connectivity index (χ2v) is 9.19. The Morgan fingerprint density at radius 3 is 2.52 bits per heavy atom. The molecule has 1 atom stereocenters. The van der Waals surface area contributed by atoms with Crippen molar-refractivity contribution in [2.45, 2.75) is 56.5 Å². The van der Waals surface area contributed by atoms with E-state index in [-0.39, 0.29) is 4.90 Å². The number of nitrogens with two attached hydrogens (primary N) is 1. The molecule has 1 fully saturated rings. The van der Waals surface area contributed by atoms with Gasteiger partial charge in [0.05, 0.1) is 10.6 Å². The lowest BCUT2D eigenvalue weighted by atomic mass is 9.99. The number of nitrogens with one attached hydrogen (secondary N) is 2. The highest BCUT2D eigenvalue weighted by molar-refractivity contribution is 7.92. The van der Waals surface area contributed by atoms with Crippen molar-refractivity contribution in [2.75, 3.05) is 10.5 Å². The molecule has 146 valence electrons. The molecule has 3 rings (SSSR count). The number of nitrogen functional groups attached to an aromatic ring is 1. The van der Waals surface area contributed by atoms with Crippen molar-refractivity contribution in [1.29, 1.82) is 0 Å². The smallest absolute Gasteiger partial charge is 0.261 e. The summed E-state index contributed by atoms with van der Waals surface area (Å²) in [7, 11) is -3.62. The molecule has 2 aromatic rings. The molecule has 27 heavy (non-hydrogen) atoms. The molecule has 1 aliphatic carbocycles. The minimum atomic E-state index is -3.62. The summed E-state index contributed by atoms with van der Waals surface area (Å²) in [5.74, 6) is 0.810. The van der Waals surface area contributed by atoms with Gasteiger partial charge in [0.2, 0.25) is 0 Å². The largest absolute Gasteiger partial charge is 0.399 e. The van der Waals surface area contributed by atoms with Crippen molar-refractivity contribution in [3.8, 4) is 0 Å². The SMILES string of the molecule is C[C@@H](CC1CCCC1)NCc1cc(N)ccc1NS(=O)(=O)c1ccccc1. The van der Waals surface area contributed by atoms with Gasteiger partial charge in [0.1, 0.15) is 0 Å². The first-order valence-electron chi connectivity index (χ1n) is 9.64. The number of hydrogen-bond acceptors (Lipinski definition) is 4. The minimum Gasteiger partial charge on any atom is -0.399 e. The number of rotatable bonds is 8. The van der Waals surface area contributed by atoms with E-state index >= 15 is 0 Å². The Morgan fingerprint density at radius 1 is 1.11 bits per heavy atom. The Balaban J connectivity index is 1.69. The molecule has 0 bridgehead atoms. The molecule has 1 aliphatic rings. The average Bonchev–Trinajstić information content (AvgIpc) is 3.15. The topological polar surface area (TPSA) is 84.2 Å². The zero-order valence-corrected chi connectivity index (χ0v) is 16.6. The normalized spacial score (nSPS) is 16.3. The molecule has 0 heterocycles. The van der Waals surface area contributed by atoms with Crippen LogP contribution in [0.25, 0.3) is 0 Å². The standard InChI is InChI=1S/C21H29N3O2S/c1-16(13-17-7-5-6-8-17)23-15-18-14-19(22)11-12-21(18)24-27(25,26)20-9-3-2-4-10-20/h2-4,9-12,14,16-17,23-24H,5-8,13,15,22H2,1H3/t16-/m0/s1. The third-order valence-corrected chi connectivity index (χ3v) is 6.61. The van der Waals surface area contributed by atoms with Crippen LogP contribution in [0.4, 0.5) is 11.4 Å². The Kier molecular flexibility index (Phi) is 6.39. The molecule has 0 aromatic heterocycles. The van der Waals surface area contributed by atoms with Gasteiger partial charge in [-0.3, -0.25) is 4.72 Å². The molecule has 4 N–H and O–H groups in total. The Labute approximate surface area is 162 Å². The van der Waals surface area contributed by atoms with Gasteiger partial charge >= 0.3 is 0 Å². The number of sulfonamides is 1. The van der Waals surface area contributed by atoms with Crippen molar-refractivity contribution in [1.82, 2.24) is 5.32 Å². The summed E-state index contributed by atoms with van der Waals surface area (Å²) < 4.78 is 28.0. The van der Waals surface area contributed by atoms with Crippen LogP contribution in [0.5, 0.6) is 0 Å². The summed E-state index contributed by atoms with van der Waals surface area (Å²) in [6.07, 6.45) is 6.50. The van der Waals surface area contributed by atoms with Gasteiger partial charge in [0.25, 0.3) is 10.0 Å². The summed E-state index contributed by atoms with van der Waals surface area (Å²) in [5, 5.41) is 3.53. The van der Waals surface area contributed by atoms with Crippen LogP contribution in [-0.4, -0.2) is 14.5 Å². The molecular weight excluding hydrogens is 358 g/mol. The van der Waals surface area contributed by atoms with Crippen LogP contribution in [0.2, 0.25) is 0 Å². The fraction of sp³-hybridized carbons (Fsp3) is 0.429. The molecule has 5 nitrogen and oxygen atoms in total. The maximum Gasteiger partial charge on any atom is 0.261 e. The van der Waals surface area contributed by atoms with Crippen LogP contribution in [0, 0.1) is 5.92 Å². The maximum absolute atomic E-state index is 12.6. The highest BCUT2D eigenvalue weighted by Gasteiger charge is 2.19. The van der Waals surface area contributed by atoms with E-state index in [1.54, 1.807) is 42.5 Å². The fourth-order valence-corrected chi connectivity index (χ4v) is 4.90. The van der Waals surface area contributed by atoms with Crippen molar-refractivity contribution in [3.63, 3.8) is 0 Å². The van der Waals surface area contributed by atoms with Gasteiger partial charge in [-0.1, -0.05) is 43.9 Å². The minimum absolute atomic E-state index is 0.246. The quantitative estimate of drug-likeness (QED) is 0.595. The predicted molar refractivity (Wildman–Crippen MR) is 111 cm³/mol. The van der Waals surface area contributed by atoms with Gasteiger partial charge in [-0.15, -0.1) is 0 Å². The lowest BCUT2D eigenvalue weighted by Crippen LogP contribution is -2.28. The molecule has 0 saturated heterocycles. The van der Waals surface area contributed by atoms with Crippen LogP contribution in [-0.2, 0) is 16.6 Å². The van der Waals surface area contributed by atoms with Crippen LogP contribution in [0.15, 0.2) is 53.4 Å². The first-order valence-corrected chi connectivity index (χ1v) is 11.1. The zero-order valence-electron chi connectivity index (χ0n) is 15.8. The molecule has 0 aliphatic heterocycles. The number of benzene rings is 2. The lowest BCUT2D eigenvalue weighted by Gasteiger charge is -2.19. The maximum atomic E-state index is 12.6. The molecule has 0 unspecified atom stereocenters. The summed E-state index contributed by atoms with van der Waals surface area (Å²) in [5.41, 5.74) is 7.98. The first kappa shape index (κ1) is 19.7. The van der Waals surface area contributed by atoms with E-state index in [9.17, 15) is 8.42 Å². The van der Waals surface area contributed by atoms with Crippen molar-refractivity contribution >= 4 is 21.4 Å². The second kappa shape index (κ2) is 8.76. The van der Waals surface area contributed by atoms with Gasteiger partial charge in [-0.2, -0.15) is 0 Å². The van der Waals surface area contributed by atoms with Crippen LogP contribution >= 0.6 is 0 Å². The Morgan fingerprint density at radius 2 is 1.81 bits per heavy atom. The second-order valence-electron chi connectivity index (χ2n) is 7.50. The highest BCUT2D eigenvalue weighted by atomic mass is 32.2.